The second-order valence-electron chi connectivity index (χ2n) is 6.44. The topological polar surface area (TPSA) is 4.93 Å². The molecule has 26 heavy (non-hydrogen) atoms. The van der Waals surface area contributed by atoms with E-state index in [1.807, 2.05) is 6.08 Å². The van der Waals surface area contributed by atoms with E-state index in [0.717, 1.165) is 6.42 Å². The summed E-state index contributed by atoms with van der Waals surface area (Å²) in [5.74, 6) is 6.17. The summed E-state index contributed by atoms with van der Waals surface area (Å²) in [5, 5.41) is 2.56. The zero-order chi connectivity index (χ0) is 17.3. The molecule has 3 aromatic carbocycles. The van der Waals surface area contributed by atoms with Crippen LogP contribution in [-0.2, 0) is 0 Å². The average Bonchev–Trinajstić information content (AvgIpc) is 2.84. The highest BCUT2D eigenvalue weighted by molar-refractivity contribution is 6.10. The van der Waals surface area contributed by atoms with Crippen LogP contribution in [0, 0.1) is 11.8 Å². The van der Waals surface area contributed by atoms with Crippen LogP contribution in [0.3, 0.4) is 0 Å². The Morgan fingerprint density at radius 3 is 2.50 bits per heavy atom. The Kier molecular flexibility index (Phi) is 3.47. The zero-order valence-corrected chi connectivity index (χ0v) is 14.3. The lowest BCUT2D eigenvalue weighted by molar-refractivity contribution is 1.18. The molecule has 0 saturated heterocycles. The minimum absolute atomic E-state index is 0.798. The van der Waals surface area contributed by atoms with Crippen molar-refractivity contribution in [3.63, 3.8) is 0 Å². The van der Waals surface area contributed by atoms with Gasteiger partial charge < -0.3 is 4.57 Å². The van der Waals surface area contributed by atoms with E-state index >= 15 is 0 Å². The van der Waals surface area contributed by atoms with E-state index in [9.17, 15) is 0 Å². The van der Waals surface area contributed by atoms with Crippen molar-refractivity contribution in [1.82, 2.24) is 4.57 Å². The van der Waals surface area contributed by atoms with Crippen LogP contribution in [-0.4, -0.2) is 4.57 Å². The van der Waals surface area contributed by atoms with Gasteiger partial charge >= 0.3 is 0 Å². The highest BCUT2D eigenvalue weighted by Gasteiger charge is 2.12. The molecule has 1 aliphatic carbocycles. The second kappa shape index (κ2) is 6.10. The molecule has 1 aliphatic rings. The SMILES string of the molecule is C1#CCC=C(c2ccc3c(c2)c2ccccc2n3-c2ccccc2)C=C1. The Labute approximate surface area is 152 Å². The van der Waals surface area contributed by atoms with Gasteiger partial charge in [-0.3, -0.25) is 0 Å². The minimum atomic E-state index is 0.798. The first-order valence-corrected chi connectivity index (χ1v) is 8.86. The van der Waals surface area contributed by atoms with Crippen molar-refractivity contribution in [3.8, 4) is 17.5 Å². The fraction of sp³-hybridized carbons (Fsp3) is 0.0400. The molecule has 0 unspecified atom stereocenters. The predicted molar refractivity (Wildman–Crippen MR) is 110 cm³/mol. The van der Waals surface area contributed by atoms with E-state index in [0.29, 0.717) is 0 Å². The minimum Gasteiger partial charge on any atom is -0.309 e. The van der Waals surface area contributed by atoms with E-state index in [-0.39, 0.29) is 0 Å². The van der Waals surface area contributed by atoms with Gasteiger partial charge in [0.1, 0.15) is 0 Å². The Bertz CT molecular complexity index is 1240. The molecular formula is C25H17N. The number of benzene rings is 3. The molecule has 1 heteroatoms. The Morgan fingerprint density at radius 1 is 0.769 bits per heavy atom. The van der Waals surface area contributed by atoms with Crippen LogP contribution in [0.5, 0.6) is 0 Å². The molecule has 0 N–H and O–H groups in total. The van der Waals surface area contributed by atoms with Gasteiger partial charge in [0.2, 0.25) is 0 Å². The fourth-order valence-electron chi connectivity index (χ4n) is 3.70. The molecular weight excluding hydrogens is 314 g/mol. The Balaban J connectivity index is 1.80. The van der Waals surface area contributed by atoms with Gasteiger partial charge in [0.05, 0.1) is 11.0 Å². The number of nitrogens with zero attached hydrogens (tertiary/aromatic N) is 1. The van der Waals surface area contributed by atoms with Crippen molar-refractivity contribution < 1.29 is 0 Å². The van der Waals surface area contributed by atoms with Gasteiger partial charge in [-0.1, -0.05) is 60.4 Å². The van der Waals surface area contributed by atoms with Gasteiger partial charge in [-0.2, -0.15) is 0 Å². The van der Waals surface area contributed by atoms with E-state index in [1.165, 1.54) is 38.6 Å². The summed E-state index contributed by atoms with van der Waals surface area (Å²) in [5.41, 5.74) is 6.11. The first kappa shape index (κ1) is 14.8. The molecule has 1 heterocycles. The number of fused-ring (bicyclic) bond motifs is 3. The third-order valence-electron chi connectivity index (χ3n) is 4.89. The van der Waals surface area contributed by atoms with Crippen LogP contribution in [0.1, 0.15) is 12.0 Å². The van der Waals surface area contributed by atoms with Crippen LogP contribution in [0.2, 0.25) is 0 Å². The van der Waals surface area contributed by atoms with Crippen molar-refractivity contribution >= 4 is 27.4 Å². The van der Waals surface area contributed by atoms with Gasteiger partial charge in [0.25, 0.3) is 0 Å². The standard InChI is InChI=1S/C25H17N/c1-2-5-11-19(10-4-1)20-16-17-25-23(18-20)22-14-8-9-15-24(22)26(25)21-12-6-3-7-13-21/h3-4,6-18H,5H2. The van der Waals surface area contributed by atoms with Gasteiger partial charge in [0, 0.05) is 22.9 Å². The van der Waals surface area contributed by atoms with Crippen LogP contribution in [0.4, 0.5) is 0 Å². The first-order valence-electron chi connectivity index (χ1n) is 8.86. The lowest BCUT2D eigenvalue weighted by Gasteiger charge is -2.08. The van der Waals surface area contributed by atoms with Gasteiger partial charge in [-0.05, 0) is 53.6 Å². The molecule has 0 radical (unpaired) electrons. The van der Waals surface area contributed by atoms with E-state index in [1.54, 1.807) is 0 Å². The lowest BCUT2D eigenvalue weighted by Crippen LogP contribution is -1.93. The summed E-state index contributed by atoms with van der Waals surface area (Å²) < 4.78 is 2.34. The van der Waals surface area contributed by atoms with Gasteiger partial charge in [-0.15, -0.1) is 0 Å². The third-order valence-corrected chi connectivity index (χ3v) is 4.89. The van der Waals surface area contributed by atoms with Crippen molar-refractivity contribution in [2.75, 3.05) is 0 Å². The average molecular weight is 331 g/mol. The van der Waals surface area contributed by atoms with E-state index in [4.69, 9.17) is 0 Å². The molecule has 0 bridgehead atoms. The van der Waals surface area contributed by atoms with E-state index in [2.05, 4.69) is 101 Å². The molecule has 1 aromatic heterocycles. The summed E-state index contributed by atoms with van der Waals surface area (Å²) in [6, 6.07) is 25.9. The summed E-state index contributed by atoms with van der Waals surface area (Å²) in [6.07, 6.45) is 7.05. The molecule has 0 amide bonds. The first-order chi connectivity index (χ1) is 12.9. The smallest absolute Gasteiger partial charge is 0.0541 e. The summed E-state index contributed by atoms with van der Waals surface area (Å²) in [4.78, 5) is 0. The normalized spacial score (nSPS) is 13.3. The van der Waals surface area contributed by atoms with Crippen molar-refractivity contribution in [1.29, 1.82) is 0 Å². The molecule has 0 saturated carbocycles. The third kappa shape index (κ3) is 2.36. The highest BCUT2D eigenvalue weighted by Crippen LogP contribution is 2.34. The highest BCUT2D eigenvalue weighted by atomic mass is 15.0. The van der Waals surface area contributed by atoms with Crippen molar-refractivity contribution in [2.24, 2.45) is 0 Å². The van der Waals surface area contributed by atoms with E-state index < -0.39 is 0 Å². The van der Waals surface area contributed by atoms with Crippen molar-refractivity contribution in [2.45, 2.75) is 6.42 Å². The number of hydrogen-bond donors (Lipinski definition) is 0. The zero-order valence-electron chi connectivity index (χ0n) is 14.3. The van der Waals surface area contributed by atoms with Gasteiger partial charge in [-0.25, -0.2) is 0 Å². The second-order valence-corrected chi connectivity index (χ2v) is 6.44. The maximum atomic E-state index is 3.12. The Morgan fingerprint density at radius 2 is 1.58 bits per heavy atom. The van der Waals surface area contributed by atoms with Crippen LogP contribution in [0.25, 0.3) is 33.1 Å². The molecule has 1 nitrogen and oxygen atoms in total. The molecule has 0 fully saturated rings. The predicted octanol–water partition coefficient (Wildman–Crippen LogP) is 6.13. The fourth-order valence-corrected chi connectivity index (χ4v) is 3.70. The number of allylic oxidation sites excluding steroid dienone is 4. The number of rotatable bonds is 2. The molecule has 0 atom stereocenters. The largest absolute Gasteiger partial charge is 0.309 e. The van der Waals surface area contributed by atoms with Crippen LogP contribution >= 0.6 is 0 Å². The monoisotopic (exact) mass is 331 g/mol. The summed E-state index contributed by atoms with van der Waals surface area (Å²) >= 11 is 0. The molecule has 4 aromatic rings. The summed E-state index contributed by atoms with van der Waals surface area (Å²) in [6.45, 7) is 0. The van der Waals surface area contributed by atoms with Crippen molar-refractivity contribution in [3.05, 3.63) is 96.6 Å². The lowest BCUT2D eigenvalue weighted by atomic mass is 10.0. The molecule has 122 valence electrons. The quantitative estimate of drug-likeness (QED) is 0.389. The molecule has 5 rings (SSSR count). The van der Waals surface area contributed by atoms with Gasteiger partial charge in [0.15, 0.2) is 0 Å². The number of para-hydroxylation sites is 2. The van der Waals surface area contributed by atoms with Crippen LogP contribution in [0.15, 0.2) is 91.0 Å². The summed E-state index contributed by atoms with van der Waals surface area (Å²) in [7, 11) is 0. The molecule has 0 spiro atoms. The number of hydrogen-bond acceptors (Lipinski definition) is 0. The molecule has 0 aliphatic heterocycles. The number of aromatic nitrogens is 1. The maximum Gasteiger partial charge on any atom is 0.0541 e. The van der Waals surface area contributed by atoms with Crippen LogP contribution < -0.4 is 0 Å². The Hall–Kier alpha value is -3.50. The maximum absolute atomic E-state index is 3.12.